The molecular formula is C19H22N6O3. The first kappa shape index (κ1) is 18.2. The molecule has 9 nitrogen and oxygen atoms in total. The monoisotopic (exact) mass is 382 g/mol. The quantitative estimate of drug-likeness (QED) is 0.625. The van der Waals surface area contributed by atoms with E-state index in [1.807, 2.05) is 32.9 Å². The Morgan fingerprint density at radius 1 is 1.36 bits per heavy atom. The van der Waals surface area contributed by atoms with Crippen molar-refractivity contribution in [3.05, 3.63) is 23.9 Å². The number of amides is 2. The minimum Gasteiger partial charge on any atom is -0.375 e. The van der Waals surface area contributed by atoms with Gasteiger partial charge in [-0.2, -0.15) is 5.10 Å². The molecule has 0 bridgehead atoms. The van der Waals surface area contributed by atoms with Gasteiger partial charge in [0, 0.05) is 13.7 Å². The van der Waals surface area contributed by atoms with Gasteiger partial charge in [-0.05, 0) is 38.5 Å². The van der Waals surface area contributed by atoms with Crippen LogP contribution in [0.25, 0.3) is 22.6 Å². The first-order chi connectivity index (χ1) is 13.4. The Hall–Kier alpha value is -3.20. The van der Waals surface area contributed by atoms with Gasteiger partial charge in [0.05, 0.1) is 34.0 Å². The van der Waals surface area contributed by atoms with E-state index in [9.17, 15) is 9.59 Å². The second kappa shape index (κ2) is 6.45. The van der Waals surface area contributed by atoms with E-state index < -0.39 is 5.41 Å². The summed E-state index contributed by atoms with van der Waals surface area (Å²) in [5.74, 6) is 0.366. The van der Waals surface area contributed by atoms with Crippen molar-refractivity contribution < 1.29 is 14.3 Å². The van der Waals surface area contributed by atoms with Gasteiger partial charge >= 0.3 is 0 Å². The van der Waals surface area contributed by atoms with Gasteiger partial charge in [0.25, 0.3) is 0 Å². The minimum atomic E-state index is -0.585. The Morgan fingerprint density at radius 3 is 2.86 bits per heavy atom. The lowest BCUT2D eigenvalue weighted by Crippen LogP contribution is -2.35. The Morgan fingerprint density at radius 2 is 2.14 bits per heavy atom. The zero-order chi connectivity index (χ0) is 20.1. The molecule has 0 fully saturated rings. The number of nitrogens with zero attached hydrogens (tertiary/aromatic N) is 3. The Bertz CT molecular complexity index is 1080. The van der Waals surface area contributed by atoms with Crippen LogP contribution in [0, 0.1) is 0 Å². The lowest BCUT2D eigenvalue weighted by atomic mass is 9.86. The number of hydrogen-bond donors (Lipinski definition) is 3. The first-order valence-electron chi connectivity index (χ1n) is 9.05. The zero-order valence-corrected chi connectivity index (χ0v) is 16.2. The van der Waals surface area contributed by atoms with E-state index in [0.717, 1.165) is 22.3 Å². The van der Waals surface area contributed by atoms with Crippen molar-refractivity contribution in [3.8, 4) is 11.5 Å². The second-order valence-corrected chi connectivity index (χ2v) is 7.29. The number of carbonyl (C=O) groups excluding carboxylic acids is 2. The molecule has 2 aromatic heterocycles. The van der Waals surface area contributed by atoms with Crippen LogP contribution in [0.15, 0.2) is 18.3 Å². The van der Waals surface area contributed by atoms with Crippen LogP contribution in [0.2, 0.25) is 0 Å². The van der Waals surface area contributed by atoms with Crippen LogP contribution in [0.1, 0.15) is 26.3 Å². The van der Waals surface area contributed by atoms with E-state index in [4.69, 9.17) is 4.74 Å². The number of carbonyl (C=O) groups is 2. The van der Waals surface area contributed by atoms with Gasteiger partial charge in [0.15, 0.2) is 5.82 Å². The summed E-state index contributed by atoms with van der Waals surface area (Å²) in [5, 5.41) is 9.62. The van der Waals surface area contributed by atoms with Crippen molar-refractivity contribution in [2.24, 2.45) is 0 Å². The molecule has 0 saturated heterocycles. The maximum Gasteiger partial charge on any atom is 0.250 e. The number of anilines is 2. The Balaban J connectivity index is 1.77. The summed E-state index contributed by atoms with van der Waals surface area (Å²) >= 11 is 0. The molecule has 0 spiro atoms. The molecule has 9 heteroatoms. The average Bonchev–Trinajstić information content (AvgIpc) is 3.31. The molecule has 4 rings (SSSR count). The van der Waals surface area contributed by atoms with Gasteiger partial charge in [0.2, 0.25) is 11.8 Å². The third-order valence-electron chi connectivity index (χ3n) is 5.09. The smallest absolute Gasteiger partial charge is 0.250 e. The van der Waals surface area contributed by atoms with Crippen LogP contribution in [0.3, 0.4) is 0 Å². The molecule has 0 atom stereocenters. The molecule has 1 aliphatic rings. The maximum absolute atomic E-state index is 12.7. The fraction of sp³-hybridized carbons (Fsp3) is 0.368. The van der Waals surface area contributed by atoms with E-state index in [1.165, 1.54) is 13.3 Å². The molecule has 0 aliphatic carbocycles. The third kappa shape index (κ3) is 2.66. The molecule has 3 N–H and O–H groups in total. The second-order valence-electron chi connectivity index (χ2n) is 7.29. The summed E-state index contributed by atoms with van der Waals surface area (Å²) in [6.07, 6.45) is 1.52. The molecule has 0 radical (unpaired) electrons. The van der Waals surface area contributed by atoms with Crippen molar-refractivity contribution in [1.29, 1.82) is 0 Å². The van der Waals surface area contributed by atoms with Gasteiger partial charge in [-0.25, -0.2) is 4.98 Å². The van der Waals surface area contributed by atoms with Crippen LogP contribution in [-0.2, 0) is 19.7 Å². The lowest BCUT2D eigenvalue weighted by Gasteiger charge is -2.18. The lowest BCUT2D eigenvalue weighted by molar-refractivity contribution is -0.122. The van der Waals surface area contributed by atoms with E-state index in [0.29, 0.717) is 23.8 Å². The van der Waals surface area contributed by atoms with Crippen LogP contribution in [0.5, 0.6) is 0 Å². The number of H-pyrrole nitrogens is 2. The van der Waals surface area contributed by atoms with E-state index in [2.05, 4.69) is 25.5 Å². The summed E-state index contributed by atoms with van der Waals surface area (Å²) in [4.78, 5) is 34.2. The number of ether oxygens (including phenoxy) is 1. The number of aromatic nitrogens is 4. The summed E-state index contributed by atoms with van der Waals surface area (Å²) in [7, 11) is 1.46. The highest BCUT2D eigenvalue weighted by molar-refractivity contribution is 6.09. The highest BCUT2D eigenvalue weighted by Gasteiger charge is 2.43. The number of methoxy groups -OCH3 is 1. The predicted molar refractivity (Wildman–Crippen MR) is 105 cm³/mol. The number of fused-ring (bicyclic) bond motifs is 2. The van der Waals surface area contributed by atoms with Crippen molar-refractivity contribution in [2.75, 3.05) is 30.5 Å². The van der Waals surface area contributed by atoms with Crippen molar-refractivity contribution in [3.63, 3.8) is 0 Å². The van der Waals surface area contributed by atoms with Crippen LogP contribution in [-0.4, -0.2) is 52.2 Å². The molecule has 0 unspecified atom stereocenters. The number of likely N-dealkylation sites (N-methyl/N-ethyl adjacent to an activating group) is 1. The molecule has 3 heterocycles. The number of hydrogen-bond acceptors (Lipinski definition) is 5. The van der Waals surface area contributed by atoms with Crippen LogP contribution >= 0.6 is 0 Å². The van der Waals surface area contributed by atoms with Gasteiger partial charge in [0.1, 0.15) is 12.3 Å². The average molecular weight is 382 g/mol. The fourth-order valence-electron chi connectivity index (χ4n) is 3.64. The summed E-state index contributed by atoms with van der Waals surface area (Å²) in [6, 6.07) is 3.91. The minimum absolute atomic E-state index is 0.0482. The Kier molecular flexibility index (Phi) is 4.19. The normalized spacial score (nSPS) is 15.3. The van der Waals surface area contributed by atoms with E-state index >= 15 is 0 Å². The number of nitrogens with one attached hydrogen (secondary N) is 3. The standard InChI is InChI=1S/C19H22N6O3/c1-5-25-14-7-12-11(6-10(14)19(2,3)18(25)27)22-17(23-12)16-13(8-20-24-16)21-15(26)9-28-4/h6-8H,5,9H2,1-4H3,(H,20,24)(H,21,26)(H,22,23). The maximum atomic E-state index is 12.7. The highest BCUT2D eigenvalue weighted by atomic mass is 16.5. The zero-order valence-electron chi connectivity index (χ0n) is 16.2. The fourth-order valence-corrected chi connectivity index (χ4v) is 3.64. The van der Waals surface area contributed by atoms with Crippen molar-refractivity contribution in [2.45, 2.75) is 26.2 Å². The summed E-state index contributed by atoms with van der Waals surface area (Å²) in [6.45, 7) is 6.39. The topological polar surface area (TPSA) is 116 Å². The molecule has 28 heavy (non-hydrogen) atoms. The number of imidazole rings is 1. The van der Waals surface area contributed by atoms with E-state index in [-0.39, 0.29) is 18.4 Å². The molecular weight excluding hydrogens is 360 g/mol. The molecule has 2 amide bonds. The van der Waals surface area contributed by atoms with Crippen molar-refractivity contribution >= 4 is 34.2 Å². The number of benzene rings is 1. The Labute approximate surface area is 161 Å². The largest absolute Gasteiger partial charge is 0.375 e. The SMILES string of the molecule is CCN1C(=O)C(C)(C)c2cc3[nH]c(-c4[nH]ncc4NC(=O)COC)nc3cc21. The molecule has 3 aromatic rings. The summed E-state index contributed by atoms with van der Waals surface area (Å²) in [5.41, 5.74) is 3.92. The van der Waals surface area contributed by atoms with Gasteiger partial charge in [-0.3, -0.25) is 14.7 Å². The van der Waals surface area contributed by atoms with Gasteiger partial charge in [-0.1, -0.05) is 0 Å². The molecule has 1 aromatic carbocycles. The predicted octanol–water partition coefficient (Wildman–Crippen LogP) is 2.18. The first-order valence-corrected chi connectivity index (χ1v) is 9.05. The van der Waals surface area contributed by atoms with E-state index in [1.54, 1.807) is 4.90 Å². The highest BCUT2D eigenvalue weighted by Crippen LogP contribution is 2.43. The van der Waals surface area contributed by atoms with Crippen LogP contribution in [0.4, 0.5) is 11.4 Å². The van der Waals surface area contributed by atoms with Gasteiger partial charge in [-0.15, -0.1) is 0 Å². The van der Waals surface area contributed by atoms with Crippen LogP contribution < -0.4 is 10.2 Å². The van der Waals surface area contributed by atoms with Crippen molar-refractivity contribution in [1.82, 2.24) is 20.2 Å². The van der Waals surface area contributed by atoms with Gasteiger partial charge < -0.3 is 19.9 Å². The third-order valence-corrected chi connectivity index (χ3v) is 5.09. The summed E-state index contributed by atoms with van der Waals surface area (Å²) < 4.78 is 4.84. The number of aromatic amines is 2. The number of rotatable bonds is 5. The molecule has 1 aliphatic heterocycles. The molecule has 146 valence electrons. The molecule has 0 saturated carbocycles.